The van der Waals surface area contributed by atoms with E-state index in [0.29, 0.717) is 12.5 Å². The minimum Gasteiger partial charge on any atom is -0.370 e. The number of hydrogen-bond donors (Lipinski definition) is 2. The molecule has 1 aliphatic heterocycles. The van der Waals surface area contributed by atoms with Crippen molar-refractivity contribution in [3.8, 4) is 0 Å². The number of imidazole rings is 1. The third kappa shape index (κ3) is 3.08. The zero-order chi connectivity index (χ0) is 13.1. The normalized spacial score (nSPS) is 19.9. The van der Waals surface area contributed by atoms with Crippen LogP contribution in [-0.2, 0) is 19.5 Å². The first-order valence-electron chi connectivity index (χ1n) is 7.40. The number of hydrogen-bond acceptors (Lipinski definition) is 2. The second kappa shape index (κ2) is 5.63. The van der Waals surface area contributed by atoms with Gasteiger partial charge in [0.2, 0.25) is 0 Å². The van der Waals surface area contributed by atoms with Crippen LogP contribution in [0.4, 0.5) is 0 Å². The van der Waals surface area contributed by atoms with Crippen LogP contribution in [0.3, 0.4) is 0 Å². The second-order valence-corrected chi connectivity index (χ2v) is 5.68. The fraction of sp³-hybridized carbons (Fsp3) is 0.714. The first-order valence-corrected chi connectivity index (χ1v) is 7.40. The van der Waals surface area contributed by atoms with Gasteiger partial charge in [0.05, 0.1) is 12.2 Å². The number of fused-ring (bicyclic) bond motifs is 1. The van der Waals surface area contributed by atoms with Crippen LogP contribution in [0.1, 0.15) is 43.6 Å². The molecular weight excluding hydrogens is 238 g/mol. The van der Waals surface area contributed by atoms with Gasteiger partial charge in [0.25, 0.3) is 0 Å². The molecule has 1 aromatic heterocycles. The minimum atomic E-state index is 0.554. The number of nitrogens with two attached hydrogens (primary N) is 1. The lowest BCUT2D eigenvalue weighted by atomic mass is 9.85. The summed E-state index contributed by atoms with van der Waals surface area (Å²) < 4.78 is 2.26. The lowest BCUT2D eigenvalue weighted by molar-refractivity contribution is 0.315. The largest absolute Gasteiger partial charge is 0.370 e. The van der Waals surface area contributed by atoms with Gasteiger partial charge in [-0.3, -0.25) is 0 Å². The molecule has 2 heterocycles. The lowest BCUT2D eigenvalue weighted by Crippen LogP contribution is -2.37. The number of guanidine groups is 1. The van der Waals surface area contributed by atoms with Gasteiger partial charge in [0.15, 0.2) is 5.96 Å². The van der Waals surface area contributed by atoms with Gasteiger partial charge in [-0.1, -0.05) is 6.42 Å². The van der Waals surface area contributed by atoms with E-state index in [1.165, 1.54) is 37.9 Å². The summed E-state index contributed by atoms with van der Waals surface area (Å²) in [6, 6.07) is 0. The van der Waals surface area contributed by atoms with Crippen molar-refractivity contribution in [1.29, 1.82) is 0 Å². The van der Waals surface area contributed by atoms with Crippen molar-refractivity contribution in [1.82, 2.24) is 14.9 Å². The van der Waals surface area contributed by atoms with E-state index in [9.17, 15) is 0 Å². The van der Waals surface area contributed by atoms with Crippen molar-refractivity contribution in [3.63, 3.8) is 0 Å². The Morgan fingerprint density at radius 2 is 2.32 bits per heavy atom. The summed E-state index contributed by atoms with van der Waals surface area (Å²) in [4.78, 5) is 8.99. The van der Waals surface area contributed by atoms with Crippen LogP contribution in [0, 0.1) is 5.92 Å². The van der Waals surface area contributed by atoms with E-state index in [4.69, 9.17) is 5.73 Å². The molecular formula is C14H23N5. The van der Waals surface area contributed by atoms with Gasteiger partial charge >= 0.3 is 0 Å². The predicted molar refractivity (Wildman–Crippen MR) is 75.8 cm³/mol. The molecule has 0 bridgehead atoms. The Balaban J connectivity index is 1.50. The van der Waals surface area contributed by atoms with Gasteiger partial charge in [-0.25, -0.2) is 9.98 Å². The molecule has 19 heavy (non-hydrogen) atoms. The van der Waals surface area contributed by atoms with Gasteiger partial charge in [-0.05, 0) is 31.6 Å². The first kappa shape index (κ1) is 12.5. The average Bonchev–Trinajstić information content (AvgIpc) is 2.77. The number of rotatable bonds is 4. The van der Waals surface area contributed by atoms with Gasteiger partial charge in [-0.2, -0.15) is 0 Å². The van der Waals surface area contributed by atoms with E-state index >= 15 is 0 Å². The molecule has 0 amide bonds. The molecule has 0 spiro atoms. The molecule has 0 radical (unpaired) electrons. The highest BCUT2D eigenvalue weighted by Gasteiger charge is 2.17. The topological polar surface area (TPSA) is 68.2 Å². The van der Waals surface area contributed by atoms with E-state index in [2.05, 4.69) is 26.1 Å². The van der Waals surface area contributed by atoms with Gasteiger partial charge in [0.1, 0.15) is 5.82 Å². The molecule has 0 unspecified atom stereocenters. The van der Waals surface area contributed by atoms with Gasteiger partial charge in [-0.15, -0.1) is 0 Å². The molecule has 0 atom stereocenters. The van der Waals surface area contributed by atoms with Crippen LogP contribution < -0.4 is 11.1 Å². The number of aryl methyl sites for hydroxylation is 2. The Bertz CT molecular complexity index is 435. The summed E-state index contributed by atoms with van der Waals surface area (Å²) in [7, 11) is 0. The Kier molecular flexibility index (Phi) is 3.71. The predicted octanol–water partition coefficient (Wildman–Crippen LogP) is 1.42. The third-order valence-corrected chi connectivity index (χ3v) is 4.17. The molecule has 1 aliphatic carbocycles. The molecule has 2 aliphatic rings. The molecule has 0 aromatic carbocycles. The fourth-order valence-corrected chi connectivity index (χ4v) is 2.72. The quantitative estimate of drug-likeness (QED) is 0.636. The van der Waals surface area contributed by atoms with Crippen molar-refractivity contribution >= 4 is 5.96 Å². The Morgan fingerprint density at radius 3 is 3.05 bits per heavy atom. The van der Waals surface area contributed by atoms with Crippen LogP contribution in [-0.4, -0.2) is 22.1 Å². The van der Waals surface area contributed by atoms with Crippen LogP contribution in [0.2, 0.25) is 0 Å². The molecule has 3 N–H and O–H groups in total. The highest BCUT2D eigenvalue weighted by molar-refractivity contribution is 5.77. The first-order chi connectivity index (χ1) is 9.31. The van der Waals surface area contributed by atoms with E-state index in [0.717, 1.165) is 31.1 Å². The van der Waals surface area contributed by atoms with Crippen molar-refractivity contribution < 1.29 is 0 Å². The zero-order valence-corrected chi connectivity index (χ0v) is 11.4. The average molecular weight is 261 g/mol. The molecule has 1 fully saturated rings. The summed E-state index contributed by atoms with van der Waals surface area (Å²) in [6.07, 6.45) is 9.75. The Morgan fingerprint density at radius 1 is 1.42 bits per heavy atom. The SMILES string of the molecule is NC(=NCc1cn2c(n1)CCCC2)NCC1CCC1. The Hall–Kier alpha value is -1.52. The number of nitrogens with one attached hydrogen (secondary N) is 1. The second-order valence-electron chi connectivity index (χ2n) is 5.68. The summed E-state index contributed by atoms with van der Waals surface area (Å²) >= 11 is 0. The summed E-state index contributed by atoms with van der Waals surface area (Å²) in [6.45, 7) is 2.65. The highest BCUT2D eigenvalue weighted by atomic mass is 15.1. The number of aromatic nitrogens is 2. The third-order valence-electron chi connectivity index (χ3n) is 4.17. The lowest BCUT2D eigenvalue weighted by Gasteiger charge is -2.25. The standard InChI is InChI=1S/C14H23N5/c15-14(16-8-11-4-3-5-11)17-9-12-10-19-7-2-1-6-13(19)18-12/h10-11H,1-9H2,(H3,15,16,17). The van der Waals surface area contributed by atoms with Crippen molar-refractivity contribution in [3.05, 3.63) is 17.7 Å². The van der Waals surface area contributed by atoms with Crippen molar-refractivity contribution in [2.24, 2.45) is 16.6 Å². The highest BCUT2D eigenvalue weighted by Crippen LogP contribution is 2.25. The van der Waals surface area contributed by atoms with Crippen molar-refractivity contribution in [2.45, 2.75) is 51.6 Å². The molecule has 5 heteroatoms. The fourth-order valence-electron chi connectivity index (χ4n) is 2.72. The molecule has 1 aromatic rings. The number of aliphatic imine (C=N–C) groups is 1. The molecule has 5 nitrogen and oxygen atoms in total. The maximum absolute atomic E-state index is 5.88. The van der Waals surface area contributed by atoms with E-state index < -0.39 is 0 Å². The summed E-state index contributed by atoms with van der Waals surface area (Å²) in [5.74, 6) is 2.56. The van der Waals surface area contributed by atoms with E-state index in [1.807, 2.05) is 0 Å². The maximum atomic E-state index is 5.88. The summed E-state index contributed by atoms with van der Waals surface area (Å²) in [5, 5.41) is 3.21. The van der Waals surface area contributed by atoms with Crippen LogP contribution >= 0.6 is 0 Å². The van der Waals surface area contributed by atoms with Gasteiger partial charge < -0.3 is 15.6 Å². The minimum absolute atomic E-state index is 0.554. The van der Waals surface area contributed by atoms with Crippen LogP contribution in [0.25, 0.3) is 0 Å². The van der Waals surface area contributed by atoms with Crippen molar-refractivity contribution in [2.75, 3.05) is 6.54 Å². The summed E-state index contributed by atoms with van der Waals surface area (Å²) in [5.41, 5.74) is 6.91. The molecule has 3 rings (SSSR count). The molecule has 1 saturated carbocycles. The van der Waals surface area contributed by atoms with Gasteiger partial charge in [0, 0.05) is 25.7 Å². The number of nitrogens with zero attached hydrogens (tertiary/aromatic N) is 3. The maximum Gasteiger partial charge on any atom is 0.188 e. The van der Waals surface area contributed by atoms with Crippen LogP contribution in [0.15, 0.2) is 11.2 Å². The molecule has 0 saturated heterocycles. The zero-order valence-electron chi connectivity index (χ0n) is 11.4. The Labute approximate surface area is 114 Å². The van der Waals surface area contributed by atoms with Crippen LogP contribution in [0.5, 0.6) is 0 Å². The van der Waals surface area contributed by atoms with E-state index in [1.54, 1.807) is 0 Å². The van der Waals surface area contributed by atoms with E-state index in [-0.39, 0.29) is 0 Å². The molecule has 104 valence electrons. The smallest absolute Gasteiger partial charge is 0.188 e. The monoisotopic (exact) mass is 261 g/mol.